The van der Waals surface area contributed by atoms with Crippen molar-refractivity contribution in [1.29, 1.82) is 0 Å². The Balaban J connectivity index is 1.61. The molecule has 3 N–H and O–H groups in total. The highest BCUT2D eigenvalue weighted by Crippen LogP contribution is 2.33. The molecule has 8 nitrogen and oxygen atoms in total. The number of fused-ring (bicyclic) bond motifs is 1. The molecule has 0 radical (unpaired) electrons. The number of nitrogens with zero attached hydrogens (tertiary/aromatic N) is 4. The molecule has 0 aliphatic heterocycles. The third kappa shape index (κ3) is 4.69. The fraction of sp³-hybridized carbons (Fsp3) is 0.138. The van der Waals surface area contributed by atoms with Crippen molar-refractivity contribution in [3.05, 3.63) is 96.6 Å². The number of nitrogens with two attached hydrogens (primary N) is 1. The van der Waals surface area contributed by atoms with Crippen molar-refractivity contribution in [2.75, 3.05) is 12.8 Å². The molecule has 0 aliphatic rings. The molecule has 5 rings (SSSR count). The number of carbonyl (C=O) groups is 1. The van der Waals surface area contributed by atoms with E-state index in [-0.39, 0.29) is 11.5 Å². The highest BCUT2D eigenvalue weighted by Gasteiger charge is 2.30. The van der Waals surface area contributed by atoms with Crippen LogP contribution in [0.5, 0.6) is 5.75 Å². The summed E-state index contributed by atoms with van der Waals surface area (Å²) in [6, 6.07) is 22.9. The van der Waals surface area contributed by atoms with Crippen LogP contribution < -0.4 is 15.8 Å². The lowest BCUT2D eigenvalue weighted by atomic mass is 9.98. The Morgan fingerprint density at radius 3 is 2.38 bits per heavy atom. The predicted molar refractivity (Wildman–Crippen MR) is 144 cm³/mol. The first-order valence-electron chi connectivity index (χ1n) is 11.8. The summed E-state index contributed by atoms with van der Waals surface area (Å²) in [5.41, 5.74) is 9.70. The summed E-state index contributed by atoms with van der Waals surface area (Å²) < 4.78 is 5.45. The van der Waals surface area contributed by atoms with Gasteiger partial charge in [0.25, 0.3) is 5.91 Å². The second-order valence-corrected chi connectivity index (χ2v) is 9.06. The summed E-state index contributed by atoms with van der Waals surface area (Å²) in [6.45, 7) is 3.68. The summed E-state index contributed by atoms with van der Waals surface area (Å²) in [6.07, 6.45) is 3.41. The molecule has 0 fully saturated rings. The highest BCUT2D eigenvalue weighted by molar-refractivity contribution is 5.99. The minimum Gasteiger partial charge on any atom is -0.495 e. The van der Waals surface area contributed by atoms with Gasteiger partial charge in [0.2, 0.25) is 0 Å². The second-order valence-electron chi connectivity index (χ2n) is 9.06. The molecule has 8 heteroatoms. The van der Waals surface area contributed by atoms with Crippen LogP contribution in [0.4, 0.5) is 5.82 Å². The number of rotatable bonds is 6. The van der Waals surface area contributed by atoms with Crippen LogP contribution in [-0.2, 0) is 5.54 Å². The van der Waals surface area contributed by atoms with E-state index in [0.717, 1.165) is 22.0 Å². The summed E-state index contributed by atoms with van der Waals surface area (Å²) in [5.74, 6) is 0.133. The van der Waals surface area contributed by atoms with Crippen LogP contribution >= 0.6 is 0 Å². The number of carbonyl (C=O) groups excluding carboxylic acids is 1. The normalized spacial score (nSPS) is 11.3. The van der Waals surface area contributed by atoms with Crippen LogP contribution in [0.1, 0.15) is 30.0 Å². The van der Waals surface area contributed by atoms with Gasteiger partial charge in [0, 0.05) is 28.9 Å². The molecule has 5 aromatic rings. The van der Waals surface area contributed by atoms with Crippen LogP contribution in [0.15, 0.2) is 85.2 Å². The number of nitrogen functional groups attached to an aromatic ring is 1. The lowest BCUT2D eigenvalue weighted by Gasteiger charge is -2.27. The summed E-state index contributed by atoms with van der Waals surface area (Å²) in [5, 5.41) is 3.95. The smallest absolute Gasteiger partial charge is 0.274 e. The number of amides is 1. The molecule has 3 aromatic heterocycles. The van der Waals surface area contributed by atoms with Crippen LogP contribution in [-0.4, -0.2) is 33.0 Å². The van der Waals surface area contributed by atoms with Crippen LogP contribution in [0, 0.1) is 0 Å². The number of benzene rings is 2. The van der Waals surface area contributed by atoms with Crippen molar-refractivity contribution >= 4 is 22.6 Å². The molecule has 2 aromatic carbocycles. The predicted octanol–water partition coefficient (Wildman–Crippen LogP) is 5.01. The number of nitrogens with one attached hydrogen (secondary N) is 1. The molecule has 184 valence electrons. The highest BCUT2D eigenvalue weighted by atomic mass is 16.5. The lowest BCUT2D eigenvalue weighted by Crippen LogP contribution is -2.42. The molecule has 0 saturated carbocycles. The Labute approximate surface area is 214 Å². The number of anilines is 1. The minimum atomic E-state index is -0.870. The molecule has 0 saturated heterocycles. The standard InChI is InChI=1S/C29H26N6O2/c1-29(2,26-22(37-3)12-8-16-32-26)35-28(36)25-27(30)34-23(18-9-5-4-6-10-18)24(33-25)20-13-14-21-19(17-20)11-7-15-31-21/h4-17H,1-3H3,(H2,30,34)(H,35,36). The van der Waals surface area contributed by atoms with Crippen molar-refractivity contribution in [2.45, 2.75) is 19.4 Å². The van der Waals surface area contributed by atoms with Crippen molar-refractivity contribution in [1.82, 2.24) is 25.3 Å². The molecule has 3 heterocycles. The quantitative estimate of drug-likeness (QED) is 0.344. The molecule has 0 bridgehead atoms. The number of hydrogen-bond donors (Lipinski definition) is 2. The molecular weight excluding hydrogens is 464 g/mol. The Bertz CT molecular complexity index is 1600. The van der Waals surface area contributed by atoms with Crippen molar-refractivity contribution < 1.29 is 9.53 Å². The summed E-state index contributed by atoms with van der Waals surface area (Å²) in [4.78, 5) is 31.8. The van der Waals surface area contributed by atoms with Crippen LogP contribution in [0.3, 0.4) is 0 Å². The van der Waals surface area contributed by atoms with Gasteiger partial charge in [-0.25, -0.2) is 9.97 Å². The number of pyridine rings is 2. The molecule has 37 heavy (non-hydrogen) atoms. The molecular formula is C29H26N6O2. The van der Waals surface area contributed by atoms with E-state index in [2.05, 4.69) is 20.3 Å². The summed E-state index contributed by atoms with van der Waals surface area (Å²) >= 11 is 0. The van der Waals surface area contributed by atoms with E-state index in [1.165, 1.54) is 0 Å². The fourth-order valence-electron chi connectivity index (χ4n) is 4.26. The minimum absolute atomic E-state index is 0.0314. The van der Waals surface area contributed by atoms with E-state index in [0.29, 0.717) is 22.8 Å². The van der Waals surface area contributed by atoms with E-state index >= 15 is 0 Å². The van der Waals surface area contributed by atoms with Gasteiger partial charge >= 0.3 is 0 Å². The molecule has 0 unspecified atom stereocenters. The zero-order valence-corrected chi connectivity index (χ0v) is 20.8. The van der Waals surface area contributed by atoms with Gasteiger partial charge in [-0.3, -0.25) is 14.8 Å². The third-order valence-corrected chi connectivity index (χ3v) is 6.07. The van der Waals surface area contributed by atoms with Gasteiger partial charge in [0.15, 0.2) is 11.5 Å². The molecule has 1 amide bonds. The average Bonchev–Trinajstić information content (AvgIpc) is 2.92. The van der Waals surface area contributed by atoms with Gasteiger partial charge in [0.05, 0.1) is 29.6 Å². The van der Waals surface area contributed by atoms with Gasteiger partial charge < -0.3 is 15.8 Å². The third-order valence-electron chi connectivity index (χ3n) is 6.07. The van der Waals surface area contributed by atoms with Gasteiger partial charge in [0.1, 0.15) is 11.4 Å². The maximum atomic E-state index is 13.5. The van der Waals surface area contributed by atoms with Crippen LogP contribution in [0.25, 0.3) is 33.4 Å². The van der Waals surface area contributed by atoms with E-state index in [1.54, 1.807) is 31.6 Å². The van der Waals surface area contributed by atoms with Gasteiger partial charge in [-0.1, -0.05) is 42.5 Å². The first-order valence-corrected chi connectivity index (χ1v) is 11.8. The number of aromatic nitrogens is 4. The number of hydrogen-bond acceptors (Lipinski definition) is 7. The fourth-order valence-corrected chi connectivity index (χ4v) is 4.26. The largest absolute Gasteiger partial charge is 0.495 e. The topological polar surface area (TPSA) is 116 Å². The van der Waals surface area contributed by atoms with Gasteiger partial charge in [-0.2, -0.15) is 0 Å². The number of ether oxygens (including phenoxy) is 1. The van der Waals surface area contributed by atoms with Crippen molar-refractivity contribution in [2.24, 2.45) is 0 Å². The van der Waals surface area contributed by atoms with E-state index in [1.807, 2.05) is 74.5 Å². The van der Waals surface area contributed by atoms with E-state index in [4.69, 9.17) is 15.5 Å². The zero-order valence-electron chi connectivity index (χ0n) is 20.8. The number of methoxy groups -OCH3 is 1. The Morgan fingerprint density at radius 1 is 0.865 bits per heavy atom. The maximum Gasteiger partial charge on any atom is 0.274 e. The Morgan fingerprint density at radius 2 is 1.59 bits per heavy atom. The van der Waals surface area contributed by atoms with Crippen molar-refractivity contribution in [3.8, 4) is 28.3 Å². The van der Waals surface area contributed by atoms with Crippen molar-refractivity contribution in [3.63, 3.8) is 0 Å². The molecule has 0 spiro atoms. The van der Waals surface area contributed by atoms with Gasteiger partial charge in [-0.05, 0) is 44.2 Å². The molecule has 0 atom stereocenters. The summed E-state index contributed by atoms with van der Waals surface area (Å²) in [7, 11) is 1.57. The van der Waals surface area contributed by atoms with E-state index in [9.17, 15) is 4.79 Å². The first-order chi connectivity index (χ1) is 17.9. The maximum absolute atomic E-state index is 13.5. The SMILES string of the molecule is COc1cccnc1C(C)(C)NC(=O)c1nc(-c2ccc3ncccc3c2)c(-c2ccccc2)nc1N. The molecule has 0 aliphatic carbocycles. The average molecular weight is 491 g/mol. The van der Waals surface area contributed by atoms with E-state index < -0.39 is 11.4 Å². The monoisotopic (exact) mass is 490 g/mol. The lowest BCUT2D eigenvalue weighted by molar-refractivity contribution is 0.0905. The zero-order chi connectivity index (χ0) is 26.0. The Hall–Kier alpha value is -4.85. The van der Waals surface area contributed by atoms with Gasteiger partial charge in [-0.15, -0.1) is 0 Å². The van der Waals surface area contributed by atoms with Crippen LogP contribution in [0.2, 0.25) is 0 Å². The first kappa shape index (κ1) is 23.9. The second kappa shape index (κ2) is 9.66. The Kier molecular flexibility index (Phi) is 6.23.